The van der Waals surface area contributed by atoms with Crippen molar-refractivity contribution in [2.24, 2.45) is 5.10 Å². The van der Waals surface area contributed by atoms with Crippen molar-refractivity contribution >= 4 is 34.9 Å². The number of carbonyl (C=O) groups is 1. The predicted octanol–water partition coefficient (Wildman–Crippen LogP) is 2.94. The molecule has 0 spiro atoms. The summed E-state index contributed by atoms with van der Waals surface area (Å²) >= 11 is 1.30. The van der Waals surface area contributed by atoms with Crippen LogP contribution in [0.15, 0.2) is 58.8 Å². The maximum Gasteiger partial charge on any atom is 0.250 e. The number of nitrogens with one attached hydrogen (secondary N) is 2. The van der Waals surface area contributed by atoms with Gasteiger partial charge in [-0.3, -0.25) is 4.79 Å². The lowest BCUT2D eigenvalue weighted by Gasteiger charge is -1.98. The van der Waals surface area contributed by atoms with Crippen molar-refractivity contribution in [1.82, 2.24) is 15.4 Å². The first-order valence-corrected chi connectivity index (χ1v) is 7.84. The van der Waals surface area contributed by atoms with E-state index < -0.39 is 0 Å². The van der Waals surface area contributed by atoms with Crippen molar-refractivity contribution < 1.29 is 9.18 Å². The Labute approximate surface area is 136 Å². The Bertz CT molecular complexity index is 812. The summed E-state index contributed by atoms with van der Waals surface area (Å²) in [5, 5.41) is 4.52. The summed E-state index contributed by atoms with van der Waals surface area (Å²) in [4.78, 5) is 19.2. The molecular weight excluding hydrogens is 315 g/mol. The van der Waals surface area contributed by atoms with E-state index in [0.29, 0.717) is 10.7 Å². The minimum atomic E-state index is -0.312. The molecule has 1 heterocycles. The van der Waals surface area contributed by atoms with Gasteiger partial charge in [-0.2, -0.15) is 5.10 Å². The van der Waals surface area contributed by atoms with E-state index in [2.05, 4.69) is 20.5 Å². The highest BCUT2D eigenvalue weighted by Crippen LogP contribution is 2.18. The summed E-state index contributed by atoms with van der Waals surface area (Å²) in [6.07, 6.45) is 1.46. The van der Waals surface area contributed by atoms with Gasteiger partial charge >= 0.3 is 0 Å². The Balaban J connectivity index is 1.50. The molecule has 0 atom stereocenters. The molecule has 0 aliphatic heterocycles. The highest BCUT2D eigenvalue weighted by molar-refractivity contribution is 7.99. The first-order valence-electron chi connectivity index (χ1n) is 6.86. The zero-order valence-corrected chi connectivity index (χ0v) is 12.8. The molecule has 0 saturated carbocycles. The molecule has 23 heavy (non-hydrogen) atoms. The number of amides is 1. The minimum absolute atomic E-state index is 0.195. The average molecular weight is 328 g/mol. The van der Waals surface area contributed by atoms with Crippen LogP contribution in [0.1, 0.15) is 5.56 Å². The number of halogens is 1. The molecule has 2 aromatic carbocycles. The number of fused-ring (bicyclic) bond motifs is 1. The second kappa shape index (κ2) is 7.06. The summed E-state index contributed by atoms with van der Waals surface area (Å²) < 4.78 is 12.7. The molecule has 7 heteroatoms. The molecule has 1 amide bonds. The Morgan fingerprint density at radius 2 is 2.04 bits per heavy atom. The highest BCUT2D eigenvalue weighted by Gasteiger charge is 2.06. The quantitative estimate of drug-likeness (QED) is 0.430. The van der Waals surface area contributed by atoms with Crippen molar-refractivity contribution in [3.05, 3.63) is 59.9 Å². The van der Waals surface area contributed by atoms with Crippen LogP contribution >= 0.6 is 11.8 Å². The first-order chi connectivity index (χ1) is 11.2. The normalized spacial score (nSPS) is 11.2. The molecule has 1 aromatic heterocycles. The third-order valence-electron chi connectivity index (χ3n) is 2.98. The van der Waals surface area contributed by atoms with Gasteiger partial charge < -0.3 is 4.98 Å². The Morgan fingerprint density at radius 1 is 1.26 bits per heavy atom. The lowest BCUT2D eigenvalue weighted by atomic mass is 10.2. The maximum atomic E-state index is 12.7. The lowest BCUT2D eigenvalue weighted by Crippen LogP contribution is -2.19. The molecule has 2 N–H and O–H groups in total. The molecule has 0 saturated heterocycles. The molecule has 116 valence electrons. The van der Waals surface area contributed by atoms with Crippen molar-refractivity contribution in [2.45, 2.75) is 5.16 Å². The largest absolute Gasteiger partial charge is 0.333 e. The molecule has 3 rings (SSSR count). The van der Waals surface area contributed by atoms with E-state index in [1.807, 2.05) is 24.3 Å². The Kier molecular flexibility index (Phi) is 4.68. The second-order valence-electron chi connectivity index (χ2n) is 4.69. The number of thioether (sulfide) groups is 1. The van der Waals surface area contributed by atoms with Gasteiger partial charge in [-0.1, -0.05) is 36.0 Å². The number of benzene rings is 2. The second-order valence-corrected chi connectivity index (χ2v) is 5.66. The number of imidazole rings is 1. The zero-order chi connectivity index (χ0) is 16.1. The number of rotatable bonds is 5. The molecule has 0 aliphatic carbocycles. The van der Waals surface area contributed by atoms with Gasteiger partial charge in [0.05, 0.1) is 23.0 Å². The van der Waals surface area contributed by atoms with Crippen LogP contribution in [0.3, 0.4) is 0 Å². The van der Waals surface area contributed by atoms with E-state index in [4.69, 9.17) is 0 Å². The average Bonchev–Trinajstić information content (AvgIpc) is 2.98. The fourth-order valence-corrected chi connectivity index (χ4v) is 2.57. The van der Waals surface area contributed by atoms with E-state index >= 15 is 0 Å². The van der Waals surface area contributed by atoms with E-state index in [1.165, 1.54) is 30.1 Å². The molecule has 0 radical (unpaired) electrons. The van der Waals surface area contributed by atoms with Crippen LogP contribution in [-0.4, -0.2) is 27.8 Å². The molecular formula is C16H13FN4OS. The fraction of sp³-hybridized carbons (Fsp3) is 0.0625. The summed E-state index contributed by atoms with van der Waals surface area (Å²) in [5.74, 6) is -0.358. The van der Waals surface area contributed by atoms with Gasteiger partial charge in [0.25, 0.3) is 5.91 Å². The Hall–Kier alpha value is -2.67. The number of nitrogens with zero attached hydrogens (tertiary/aromatic N) is 2. The summed E-state index contributed by atoms with van der Waals surface area (Å²) in [5.41, 5.74) is 4.93. The molecule has 0 bridgehead atoms. The van der Waals surface area contributed by atoms with Crippen molar-refractivity contribution in [1.29, 1.82) is 0 Å². The zero-order valence-electron chi connectivity index (χ0n) is 12.0. The molecule has 0 aliphatic rings. The van der Waals surface area contributed by atoms with E-state index in [9.17, 15) is 9.18 Å². The van der Waals surface area contributed by atoms with Gasteiger partial charge in [-0.05, 0) is 29.8 Å². The lowest BCUT2D eigenvalue weighted by molar-refractivity contribution is -0.118. The number of para-hydroxylation sites is 2. The predicted molar refractivity (Wildman–Crippen MR) is 89.0 cm³/mol. The van der Waals surface area contributed by atoms with E-state index in [-0.39, 0.29) is 17.5 Å². The summed E-state index contributed by atoms with van der Waals surface area (Å²) in [6, 6.07) is 13.5. The smallest absolute Gasteiger partial charge is 0.250 e. The van der Waals surface area contributed by atoms with Gasteiger partial charge in [-0.15, -0.1) is 0 Å². The van der Waals surface area contributed by atoms with Gasteiger partial charge in [0.1, 0.15) is 5.82 Å². The molecule has 5 nitrogen and oxygen atoms in total. The fourth-order valence-electron chi connectivity index (χ4n) is 1.89. The molecule has 0 unspecified atom stereocenters. The van der Waals surface area contributed by atoms with E-state index in [0.717, 1.165) is 11.0 Å². The van der Waals surface area contributed by atoms with Gasteiger partial charge in [-0.25, -0.2) is 14.8 Å². The number of aromatic nitrogens is 2. The summed E-state index contributed by atoms with van der Waals surface area (Å²) in [6.45, 7) is 0. The SMILES string of the molecule is O=C(CSc1nc2ccccc2[nH]1)NN=Cc1ccc(F)cc1. The number of hydrazone groups is 1. The monoisotopic (exact) mass is 328 g/mol. The number of aromatic amines is 1. The van der Waals surface area contributed by atoms with Gasteiger partial charge in [0.15, 0.2) is 5.16 Å². The van der Waals surface area contributed by atoms with Gasteiger partial charge in [0, 0.05) is 0 Å². The van der Waals surface area contributed by atoms with Crippen LogP contribution in [-0.2, 0) is 4.79 Å². The van der Waals surface area contributed by atoms with Gasteiger partial charge in [0.2, 0.25) is 0 Å². The number of H-pyrrole nitrogens is 1. The van der Waals surface area contributed by atoms with E-state index in [1.54, 1.807) is 12.1 Å². The van der Waals surface area contributed by atoms with Crippen LogP contribution in [0.4, 0.5) is 4.39 Å². The number of hydrogen-bond acceptors (Lipinski definition) is 4. The minimum Gasteiger partial charge on any atom is -0.333 e. The van der Waals surface area contributed by atoms with Crippen molar-refractivity contribution in [2.75, 3.05) is 5.75 Å². The maximum absolute atomic E-state index is 12.7. The highest BCUT2D eigenvalue weighted by atomic mass is 32.2. The van der Waals surface area contributed by atoms with Crippen LogP contribution in [0.25, 0.3) is 11.0 Å². The molecule has 0 fully saturated rings. The topological polar surface area (TPSA) is 70.1 Å². The number of carbonyl (C=O) groups excluding carboxylic acids is 1. The van der Waals surface area contributed by atoms with Crippen LogP contribution in [0, 0.1) is 5.82 Å². The van der Waals surface area contributed by atoms with Crippen molar-refractivity contribution in [3.8, 4) is 0 Å². The third-order valence-corrected chi connectivity index (χ3v) is 3.85. The summed E-state index contributed by atoms with van der Waals surface area (Å²) in [7, 11) is 0. The van der Waals surface area contributed by atoms with Crippen molar-refractivity contribution in [3.63, 3.8) is 0 Å². The van der Waals surface area contributed by atoms with Crippen LogP contribution in [0.5, 0.6) is 0 Å². The Morgan fingerprint density at radius 3 is 2.83 bits per heavy atom. The first kappa shape index (κ1) is 15.2. The standard InChI is InChI=1S/C16H13FN4OS/c17-12-7-5-11(6-8-12)9-18-21-15(22)10-23-16-19-13-3-1-2-4-14(13)20-16/h1-9H,10H2,(H,19,20)(H,21,22). The van der Waals surface area contributed by atoms with Crippen LogP contribution in [0.2, 0.25) is 0 Å². The number of hydrogen-bond donors (Lipinski definition) is 2. The van der Waals surface area contributed by atoms with Crippen LogP contribution < -0.4 is 5.43 Å². The molecule has 3 aromatic rings. The third kappa shape index (κ3) is 4.17.